The van der Waals surface area contributed by atoms with Crippen LogP contribution in [0.15, 0.2) is 0 Å². The van der Waals surface area contributed by atoms with Crippen LogP contribution < -0.4 is 0 Å². The Morgan fingerprint density at radius 2 is 1.38 bits per heavy atom. The molecule has 2 aliphatic heterocycles. The molecular weight excluding hydrogens is 191 g/mol. The van der Waals surface area contributed by atoms with E-state index < -0.39 is 0 Å². The third-order valence-corrected chi connectivity index (χ3v) is 6.12. The average Bonchev–Trinajstić information content (AvgIpc) is 2.64. The van der Waals surface area contributed by atoms with Gasteiger partial charge in [0.25, 0.3) is 0 Å². The Kier molecular flexibility index (Phi) is 3.31. The fourth-order valence-electron chi connectivity index (χ4n) is 5.12. The Morgan fingerprint density at radius 1 is 0.812 bits per heavy atom. The third kappa shape index (κ3) is 2.07. The van der Waals surface area contributed by atoms with Gasteiger partial charge in [0.05, 0.1) is 0 Å². The summed E-state index contributed by atoms with van der Waals surface area (Å²) in [7, 11) is 0. The molecule has 2 saturated heterocycles. The van der Waals surface area contributed by atoms with Crippen LogP contribution in [0.5, 0.6) is 0 Å². The minimum atomic E-state index is 1.04. The van der Waals surface area contributed by atoms with E-state index in [9.17, 15) is 0 Å². The van der Waals surface area contributed by atoms with Crippen molar-refractivity contribution in [3.05, 3.63) is 0 Å². The van der Waals surface area contributed by atoms with Crippen LogP contribution in [0.3, 0.4) is 0 Å². The molecule has 1 saturated carbocycles. The SMILES string of the molecule is C[C@@H]1CCC[C@@H]1CB1C2CCCC1CCC2. The topological polar surface area (TPSA) is 0 Å². The Morgan fingerprint density at radius 3 is 1.88 bits per heavy atom. The lowest BCUT2D eigenvalue weighted by molar-refractivity contribution is 0.410. The van der Waals surface area contributed by atoms with Crippen molar-refractivity contribution in [1.29, 1.82) is 0 Å². The maximum atomic E-state index is 2.51. The van der Waals surface area contributed by atoms with Gasteiger partial charge >= 0.3 is 0 Å². The minimum absolute atomic E-state index is 1.04. The molecule has 2 heterocycles. The van der Waals surface area contributed by atoms with E-state index in [1.165, 1.54) is 12.8 Å². The highest BCUT2D eigenvalue weighted by Crippen LogP contribution is 2.50. The summed E-state index contributed by atoms with van der Waals surface area (Å²) in [5.74, 6) is 4.43. The Bertz CT molecular complexity index is 216. The maximum absolute atomic E-state index is 2.51. The summed E-state index contributed by atoms with van der Waals surface area (Å²) >= 11 is 0. The van der Waals surface area contributed by atoms with E-state index in [2.05, 4.69) is 6.92 Å². The molecule has 0 unspecified atom stereocenters. The first-order chi connectivity index (χ1) is 7.84. The summed E-state index contributed by atoms with van der Waals surface area (Å²) in [6.07, 6.45) is 15.6. The van der Waals surface area contributed by atoms with Gasteiger partial charge in [-0.3, -0.25) is 0 Å². The van der Waals surface area contributed by atoms with Crippen molar-refractivity contribution < 1.29 is 0 Å². The molecule has 2 bridgehead atoms. The molecule has 1 heteroatoms. The summed E-state index contributed by atoms with van der Waals surface area (Å²) in [4.78, 5) is 0. The fourth-order valence-corrected chi connectivity index (χ4v) is 5.12. The monoisotopic (exact) mass is 218 g/mol. The third-order valence-electron chi connectivity index (χ3n) is 6.12. The largest absolute Gasteiger partial charge is 0.146 e. The van der Waals surface area contributed by atoms with Gasteiger partial charge in [0, 0.05) is 0 Å². The predicted octanol–water partition coefficient (Wildman–Crippen LogP) is 5.03. The molecule has 0 N–H and O–H groups in total. The smallest absolute Gasteiger partial charge is 0.0706 e. The summed E-state index contributed by atoms with van der Waals surface area (Å²) in [6, 6.07) is 0. The van der Waals surface area contributed by atoms with Crippen LogP contribution in [-0.4, -0.2) is 6.71 Å². The van der Waals surface area contributed by atoms with Gasteiger partial charge in [-0.25, -0.2) is 0 Å². The van der Waals surface area contributed by atoms with Gasteiger partial charge in [-0.2, -0.15) is 0 Å². The number of rotatable bonds is 2. The van der Waals surface area contributed by atoms with Crippen LogP contribution in [-0.2, 0) is 0 Å². The highest BCUT2D eigenvalue weighted by atomic mass is 14.3. The van der Waals surface area contributed by atoms with Crippen LogP contribution in [0.2, 0.25) is 18.0 Å². The molecule has 0 amide bonds. The van der Waals surface area contributed by atoms with Gasteiger partial charge in [0.1, 0.15) is 6.71 Å². The van der Waals surface area contributed by atoms with Gasteiger partial charge in [-0.1, -0.05) is 82.7 Å². The second-order valence-electron chi connectivity index (χ2n) is 6.95. The molecule has 0 aromatic heterocycles. The van der Waals surface area contributed by atoms with Gasteiger partial charge in [-0.15, -0.1) is 0 Å². The minimum Gasteiger partial charge on any atom is -0.0706 e. The average molecular weight is 218 g/mol. The lowest BCUT2D eigenvalue weighted by Crippen LogP contribution is -2.36. The number of fused-ring (bicyclic) bond motifs is 2. The zero-order valence-corrected chi connectivity index (χ0v) is 11.0. The van der Waals surface area contributed by atoms with E-state index in [0.29, 0.717) is 0 Å². The van der Waals surface area contributed by atoms with Gasteiger partial charge in [0.2, 0.25) is 0 Å². The molecule has 1 aliphatic carbocycles. The first-order valence-corrected chi connectivity index (χ1v) is 7.84. The first kappa shape index (κ1) is 11.2. The van der Waals surface area contributed by atoms with Crippen molar-refractivity contribution >= 4 is 6.71 Å². The summed E-state index contributed by atoms with van der Waals surface area (Å²) in [5, 5.41) is 0. The Labute approximate surface area is 102 Å². The predicted molar refractivity (Wildman–Crippen MR) is 72.3 cm³/mol. The molecule has 0 nitrogen and oxygen atoms in total. The van der Waals surface area contributed by atoms with Crippen molar-refractivity contribution in [3.63, 3.8) is 0 Å². The zero-order chi connectivity index (χ0) is 11.0. The molecular formula is C15H27B. The molecule has 0 aromatic rings. The first-order valence-electron chi connectivity index (χ1n) is 7.84. The lowest BCUT2D eigenvalue weighted by Gasteiger charge is -2.42. The van der Waals surface area contributed by atoms with Crippen LogP contribution in [0, 0.1) is 11.8 Å². The quantitative estimate of drug-likeness (QED) is 0.570. The second kappa shape index (κ2) is 4.74. The van der Waals surface area contributed by atoms with Crippen molar-refractivity contribution in [2.45, 2.75) is 82.7 Å². The zero-order valence-electron chi connectivity index (χ0n) is 11.0. The van der Waals surface area contributed by atoms with E-state index in [4.69, 9.17) is 0 Å². The van der Waals surface area contributed by atoms with Crippen molar-refractivity contribution in [3.8, 4) is 0 Å². The van der Waals surface area contributed by atoms with E-state index >= 15 is 0 Å². The van der Waals surface area contributed by atoms with Crippen LogP contribution in [0.4, 0.5) is 0 Å². The van der Waals surface area contributed by atoms with E-state index in [1.807, 2.05) is 0 Å². The van der Waals surface area contributed by atoms with E-state index in [-0.39, 0.29) is 0 Å². The molecule has 3 aliphatic rings. The summed E-state index contributed by atoms with van der Waals surface area (Å²) in [6.45, 7) is 3.66. The van der Waals surface area contributed by atoms with E-state index in [0.717, 1.165) is 30.2 Å². The maximum Gasteiger partial charge on any atom is 0.146 e. The molecule has 3 rings (SSSR count). The molecule has 0 spiro atoms. The van der Waals surface area contributed by atoms with Crippen LogP contribution in [0.1, 0.15) is 64.7 Å². The number of hydrogen-bond acceptors (Lipinski definition) is 0. The van der Waals surface area contributed by atoms with Gasteiger partial charge < -0.3 is 0 Å². The molecule has 0 radical (unpaired) electrons. The molecule has 16 heavy (non-hydrogen) atoms. The highest BCUT2D eigenvalue weighted by molar-refractivity contribution is 6.62. The normalized spacial score (nSPS) is 43.7. The van der Waals surface area contributed by atoms with Crippen molar-refractivity contribution in [2.24, 2.45) is 11.8 Å². The van der Waals surface area contributed by atoms with E-state index in [1.54, 1.807) is 51.3 Å². The second-order valence-corrected chi connectivity index (χ2v) is 6.95. The summed E-state index contributed by atoms with van der Waals surface area (Å²) in [5.41, 5.74) is 0. The summed E-state index contributed by atoms with van der Waals surface area (Å²) < 4.78 is 0. The Balaban J connectivity index is 1.64. The molecule has 0 aromatic carbocycles. The van der Waals surface area contributed by atoms with Gasteiger partial charge in [0.15, 0.2) is 0 Å². The van der Waals surface area contributed by atoms with Crippen LogP contribution in [0.25, 0.3) is 0 Å². The molecule has 2 atom stereocenters. The molecule has 90 valence electrons. The fraction of sp³-hybridized carbons (Fsp3) is 1.00. The van der Waals surface area contributed by atoms with Crippen molar-refractivity contribution in [2.75, 3.05) is 0 Å². The standard InChI is InChI=1S/C15H27B/c1-12-5-2-6-13(12)11-16-14-7-3-8-15(16)10-4-9-14/h12-15H,2-11H2,1H3/t12-,13-,14?,15?/m1/s1. The lowest BCUT2D eigenvalue weighted by atomic mass is 9.25. The number of hydrogen-bond donors (Lipinski definition) is 0. The van der Waals surface area contributed by atoms with Gasteiger partial charge in [-0.05, 0) is 11.8 Å². The highest BCUT2D eigenvalue weighted by Gasteiger charge is 2.41. The van der Waals surface area contributed by atoms with Crippen LogP contribution >= 0.6 is 0 Å². The Hall–Kier alpha value is 0.0649. The molecule has 3 fully saturated rings. The van der Waals surface area contributed by atoms with Crippen molar-refractivity contribution in [1.82, 2.24) is 0 Å².